The summed E-state index contributed by atoms with van der Waals surface area (Å²) in [6.45, 7) is -0.667. The maximum Gasteiger partial charge on any atom is 0.417 e. The number of nitrogens with zero attached hydrogens (tertiary/aromatic N) is 1. The summed E-state index contributed by atoms with van der Waals surface area (Å²) in [6, 6.07) is 6.01. The van der Waals surface area contributed by atoms with E-state index in [-0.39, 0.29) is 11.3 Å². The molecule has 3 N–H and O–H groups in total. The molecule has 0 unspecified atom stereocenters. The van der Waals surface area contributed by atoms with Crippen molar-refractivity contribution in [2.24, 2.45) is 5.73 Å². The lowest BCUT2D eigenvalue weighted by Crippen LogP contribution is -2.29. The number of nitrogens with two attached hydrogens (primary N) is 1. The summed E-state index contributed by atoms with van der Waals surface area (Å²) in [5.74, 6) is -1.40. The number of carbonyl (C=O) groups is 2. The van der Waals surface area contributed by atoms with Gasteiger partial charge in [-0.1, -0.05) is 11.6 Å². The number of carbonyl (C=O) groups excluding carboxylic acids is 2. The molecule has 25 heavy (non-hydrogen) atoms. The summed E-state index contributed by atoms with van der Waals surface area (Å²) < 4.78 is 38.8. The van der Waals surface area contributed by atoms with Crippen LogP contribution in [0.5, 0.6) is 0 Å². The highest BCUT2D eigenvalue weighted by Gasteiger charge is 2.32. The summed E-state index contributed by atoms with van der Waals surface area (Å²) in [6.07, 6.45) is -4.19. The maximum atomic E-state index is 12.8. The van der Waals surface area contributed by atoms with Gasteiger partial charge in [-0.3, -0.25) is 14.4 Å². The lowest BCUT2D eigenvalue weighted by molar-refractivity contribution is -0.138. The van der Waals surface area contributed by atoms with Gasteiger partial charge in [0.2, 0.25) is 11.8 Å². The molecule has 0 atom stereocenters. The first kappa shape index (κ1) is 18.5. The van der Waals surface area contributed by atoms with Gasteiger partial charge >= 0.3 is 6.18 Å². The number of anilines is 1. The number of hydrogen-bond donors (Lipinski definition) is 2. The fourth-order valence-electron chi connectivity index (χ4n) is 1.94. The Morgan fingerprint density at radius 2 is 1.80 bits per heavy atom. The minimum Gasteiger partial charge on any atom is -0.366 e. The van der Waals surface area contributed by atoms with Gasteiger partial charge in [0.05, 0.1) is 5.56 Å². The zero-order chi connectivity index (χ0) is 18.8. The molecule has 1 aromatic carbocycles. The van der Waals surface area contributed by atoms with Gasteiger partial charge in [-0.25, -0.2) is 0 Å². The Labute approximate surface area is 144 Å². The van der Waals surface area contributed by atoms with Crippen molar-refractivity contribution in [2.75, 3.05) is 5.32 Å². The van der Waals surface area contributed by atoms with Gasteiger partial charge in [-0.2, -0.15) is 13.2 Å². The molecule has 0 aliphatic rings. The maximum absolute atomic E-state index is 12.8. The molecule has 0 radical (unpaired) electrons. The van der Waals surface area contributed by atoms with Crippen LogP contribution < -0.4 is 16.6 Å². The van der Waals surface area contributed by atoms with E-state index in [0.717, 1.165) is 0 Å². The number of benzene rings is 1. The predicted octanol–water partition coefficient (Wildman–Crippen LogP) is 2.26. The van der Waals surface area contributed by atoms with Crippen molar-refractivity contribution in [2.45, 2.75) is 12.7 Å². The first-order valence-electron chi connectivity index (χ1n) is 6.75. The summed E-state index contributed by atoms with van der Waals surface area (Å²) in [4.78, 5) is 34.7. The molecule has 2 aromatic rings. The minimum atomic E-state index is -4.71. The third-order valence-corrected chi connectivity index (χ3v) is 3.41. The van der Waals surface area contributed by atoms with E-state index in [4.69, 9.17) is 17.3 Å². The number of alkyl halides is 3. The second-order valence-electron chi connectivity index (χ2n) is 5.00. The SMILES string of the molecule is NC(=O)c1ccc(NC(=O)Cn2cc(C(F)(F)F)cc(Cl)c2=O)cc1. The number of halogens is 4. The van der Waals surface area contributed by atoms with Gasteiger partial charge in [0, 0.05) is 17.4 Å². The van der Waals surface area contributed by atoms with E-state index >= 15 is 0 Å². The number of pyridine rings is 1. The minimum absolute atomic E-state index is 0.221. The topological polar surface area (TPSA) is 94.2 Å². The average molecular weight is 374 g/mol. The van der Waals surface area contributed by atoms with Gasteiger partial charge < -0.3 is 15.6 Å². The molecular weight excluding hydrogens is 363 g/mol. The monoisotopic (exact) mass is 373 g/mol. The van der Waals surface area contributed by atoms with E-state index in [9.17, 15) is 27.6 Å². The van der Waals surface area contributed by atoms with Crippen LogP contribution in [0.3, 0.4) is 0 Å². The first-order chi connectivity index (χ1) is 11.6. The van der Waals surface area contributed by atoms with Crippen molar-refractivity contribution in [3.8, 4) is 0 Å². The standard InChI is InChI=1S/C15H11ClF3N3O3/c16-11-5-9(15(17,18)19)6-22(14(11)25)7-12(23)21-10-3-1-8(2-4-10)13(20)24/h1-6H,7H2,(H2,20,24)(H,21,23). The average Bonchev–Trinajstić information content (AvgIpc) is 2.51. The van der Waals surface area contributed by atoms with Gasteiger partial charge in [0.1, 0.15) is 11.6 Å². The molecule has 0 spiro atoms. The summed E-state index contributed by atoms with van der Waals surface area (Å²) in [5.41, 5.74) is 3.51. The molecule has 2 rings (SSSR count). The largest absolute Gasteiger partial charge is 0.417 e. The molecule has 1 heterocycles. The van der Waals surface area contributed by atoms with Crippen molar-refractivity contribution >= 4 is 29.1 Å². The van der Waals surface area contributed by atoms with Crippen LogP contribution in [0.15, 0.2) is 41.3 Å². The lowest BCUT2D eigenvalue weighted by atomic mass is 10.2. The normalized spacial score (nSPS) is 11.2. The molecule has 0 bridgehead atoms. The highest BCUT2D eigenvalue weighted by molar-refractivity contribution is 6.30. The van der Waals surface area contributed by atoms with Crippen molar-refractivity contribution in [3.05, 3.63) is 63.0 Å². The quantitative estimate of drug-likeness (QED) is 0.860. The molecule has 0 aliphatic carbocycles. The van der Waals surface area contributed by atoms with Gasteiger partial charge in [-0.05, 0) is 30.3 Å². The Balaban J connectivity index is 2.19. The van der Waals surface area contributed by atoms with Crippen molar-refractivity contribution < 1.29 is 22.8 Å². The van der Waals surface area contributed by atoms with Crippen LogP contribution in [0.4, 0.5) is 18.9 Å². The Hall–Kier alpha value is -2.81. The number of nitrogens with one attached hydrogen (secondary N) is 1. The molecule has 0 fully saturated rings. The van der Waals surface area contributed by atoms with Gasteiger partial charge in [0.25, 0.3) is 5.56 Å². The van der Waals surface area contributed by atoms with E-state index in [0.29, 0.717) is 16.8 Å². The summed E-state index contributed by atoms with van der Waals surface area (Å²) in [7, 11) is 0. The van der Waals surface area contributed by atoms with E-state index in [1.165, 1.54) is 24.3 Å². The number of primary amides is 1. The van der Waals surface area contributed by atoms with Gasteiger partial charge in [0.15, 0.2) is 0 Å². The number of rotatable bonds is 4. The van der Waals surface area contributed by atoms with Crippen molar-refractivity contribution in [3.63, 3.8) is 0 Å². The summed E-state index contributed by atoms with van der Waals surface area (Å²) >= 11 is 5.51. The molecule has 132 valence electrons. The molecule has 2 amide bonds. The van der Waals surface area contributed by atoms with Crippen LogP contribution in [0, 0.1) is 0 Å². The fourth-order valence-corrected chi connectivity index (χ4v) is 2.17. The van der Waals surface area contributed by atoms with Crippen LogP contribution in [-0.4, -0.2) is 16.4 Å². The Kier molecular flexibility index (Phi) is 5.17. The molecule has 0 saturated heterocycles. The predicted molar refractivity (Wildman–Crippen MR) is 84.3 cm³/mol. The fraction of sp³-hybridized carbons (Fsp3) is 0.133. The van der Waals surface area contributed by atoms with Crippen LogP contribution in [-0.2, 0) is 17.5 Å². The highest BCUT2D eigenvalue weighted by Crippen LogP contribution is 2.29. The molecular formula is C15H11ClF3N3O3. The third kappa shape index (κ3) is 4.60. The van der Waals surface area contributed by atoms with E-state index in [1.807, 2.05) is 0 Å². The number of hydrogen-bond acceptors (Lipinski definition) is 3. The third-order valence-electron chi connectivity index (χ3n) is 3.14. The Morgan fingerprint density at radius 1 is 1.20 bits per heavy atom. The lowest BCUT2D eigenvalue weighted by Gasteiger charge is -2.12. The number of aromatic nitrogens is 1. The zero-order valence-corrected chi connectivity index (χ0v) is 13.2. The van der Waals surface area contributed by atoms with Gasteiger partial charge in [-0.15, -0.1) is 0 Å². The smallest absolute Gasteiger partial charge is 0.366 e. The second-order valence-corrected chi connectivity index (χ2v) is 5.40. The molecule has 6 nitrogen and oxygen atoms in total. The van der Waals surface area contributed by atoms with Crippen molar-refractivity contribution in [1.29, 1.82) is 0 Å². The van der Waals surface area contributed by atoms with E-state index in [2.05, 4.69) is 5.32 Å². The van der Waals surface area contributed by atoms with Crippen LogP contribution in [0.2, 0.25) is 5.02 Å². The molecule has 0 aliphatic heterocycles. The van der Waals surface area contributed by atoms with E-state index < -0.39 is 40.7 Å². The first-order valence-corrected chi connectivity index (χ1v) is 7.12. The number of amides is 2. The second kappa shape index (κ2) is 6.98. The Bertz CT molecular complexity index is 876. The zero-order valence-electron chi connectivity index (χ0n) is 12.4. The molecule has 1 aromatic heterocycles. The van der Waals surface area contributed by atoms with Crippen LogP contribution in [0.1, 0.15) is 15.9 Å². The summed E-state index contributed by atoms with van der Waals surface area (Å²) in [5, 5.41) is 1.74. The van der Waals surface area contributed by atoms with Crippen molar-refractivity contribution in [1.82, 2.24) is 4.57 Å². The van der Waals surface area contributed by atoms with E-state index in [1.54, 1.807) is 0 Å². The van der Waals surface area contributed by atoms with Crippen LogP contribution in [0.25, 0.3) is 0 Å². The Morgan fingerprint density at radius 3 is 2.32 bits per heavy atom. The molecule has 10 heteroatoms. The highest BCUT2D eigenvalue weighted by atomic mass is 35.5. The van der Waals surface area contributed by atoms with Crippen LogP contribution >= 0.6 is 11.6 Å². The molecule has 0 saturated carbocycles.